The Labute approximate surface area is 255 Å². The first-order valence-corrected chi connectivity index (χ1v) is 15.3. The minimum Gasteiger partial charge on any atom is -0.343 e. The van der Waals surface area contributed by atoms with Gasteiger partial charge >= 0.3 is 6.03 Å². The van der Waals surface area contributed by atoms with Crippen LogP contribution in [0.2, 0.25) is 0 Å². The van der Waals surface area contributed by atoms with Crippen LogP contribution in [0.15, 0.2) is 84.9 Å². The highest BCUT2D eigenvalue weighted by molar-refractivity contribution is 6.00. The zero-order valence-corrected chi connectivity index (χ0v) is 25.8. The number of benzene rings is 3. The highest BCUT2D eigenvalue weighted by atomic mass is 16.2. The van der Waals surface area contributed by atoms with Crippen molar-refractivity contribution in [1.29, 1.82) is 0 Å². The second-order valence-corrected chi connectivity index (χ2v) is 12.7. The van der Waals surface area contributed by atoms with Gasteiger partial charge in [0.05, 0.1) is 11.4 Å². The summed E-state index contributed by atoms with van der Waals surface area (Å²) in [5.41, 5.74) is 5.89. The number of anilines is 2. The van der Waals surface area contributed by atoms with Crippen LogP contribution in [0.4, 0.5) is 16.3 Å². The van der Waals surface area contributed by atoms with Gasteiger partial charge in [-0.25, -0.2) is 9.48 Å². The Morgan fingerprint density at radius 2 is 1.56 bits per heavy atom. The van der Waals surface area contributed by atoms with Crippen molar-refractivity contribution in [2.24, 2.45) is 5.92 Å². The Bertz CT molecular complexity index is 1530. The SMILES string of the molecule is Cc1ccc(-n2nc(C(C)(C)C)cc2NC(=O)Nc2ccccc2CC2CCN(C(=O)CCc3ccccc3)CC2)cc1. The maximum absolute atomic E-state index is 13.3. The lowest BCUT2D eigenvalue weighted by Crippen LogP contribution is -2.39. The Balaban J connectivity index is 1.19. The predicted molar refractivity (Wildman–Crippen MR) is 174 cm³/mol. The lowest BCUT2D eigenvalue weighted by atomic mass is 9.89. The molecule has 1 saturated heterocycles. The molecule has 1 fully saturated rings. The van der Waals surface area contributed by atoms with E-state index in [9.17, 15) is 9.59 Å². The number of nitrogens with zero attached hydrogens (tertiary/aromatic N) is 3. The normalized spacial score (nSPS) is 14.0. The number of hydrogen-bond acceptors (Lipinski definition) is 3. The van der Waals surface area contributed by atoms with Gasteiger partial charge in [0, 0.05) is 36.7 Å². The molecule has 4 aromatic rings. The first-order valence-electron chi connectivity index (χ1n) is 15.3. The van der Waals surface area contributed by atoms with Crippen LogP contribution in [0.1, 0.15) is 62.4 Å². The van der Waals surface area contributed by atoms with Crippen LogP contribution in [0.3, 0.4) is 0 Å². The second-order valence-electron chi connectivity index (χ2n) is 12.7. The Morgan fingerprint density at radius 1 is 0.884 bits per heavy atom. The summed E-state index contributed by atoms with van der Waals surface area (Å²) in [6, 6.07) is 27.9. The van der Waals surface area contributed by atoms with Crippen molar-refractivity contribution in [2.45, 2.75) is 65.2 Å². The molecule has 0 atom stereocenters. The van der Waals surface area contributed by atoms with Crippen LogP contribution >= 0.6 is 0 Å². The molecule has 5 rings (SSSR count). The van der Waals surface area contributed by atoms with E-state index in [2.05, 4.69) is 49.6 Å². The second kappa shape index (κ2) is 13.3. The van der Waals surface area contributed by atoms with Crippen molar-refractivity contribution in [3.8, 4) is 5.69 Å². The zero-order valence-electron chi connectivity index (χ0n) is 25.8. The number of aryl methyl sites for hydroxylation is 2. The van der Waals surface area contributed by atoms with Crippen molar-refractivity contribution in [3.63, 3.8) is 0 Å². The lowest BCUT2D eigenvalue weighted by Gasteiger charge is -2.32. The third-order valence-electron chi connectivity index (χ3n) is 8.21. The molecule has 7 heteroatoms. The number of piperidine rings is 1. The standard InChI is InChI=1S/C36H43N5O2/c1-26-14-17-30(18-15-26)41-33(25-32(39-41)36(2,3)4)38-35(43)37-31-13-9-8-12-29(31)24-28-20-22-40(23-21-28)34(42)19-16-27-10-6-5-7-11-27/h5-15,17-18,25,28H,16,19-24H2,1-4H3,(H2,37,38,43). The third kappa shape index (κ3) is 7.92. The van der Waals surface area contributed by atoms with E-state index in [4.69, 9.17) is 5.10 Å². The fourth-order valence-corrected chi connectivity index (χ4v) is 5.56. The molecule has 0 bridgehead atoms. The Hall–Kier alpha value is -4.39. The largest absolute Gasteiger partial charge is 0.343 e. The lowest BCUT2D eigenvalue weighted by molar-refractivity contribution is -0.132. The molecular weight excluding hydrogens is 534 g/mol. The maximum Gasteiger partial charge on any atom is 0.324 e. The number of hydrogen-bond donors (Lipinski definition) is 2. The highest BCUT2D eigenvalue weighted by Crippen LogP contribution is 2.28. The first-order chi connectivity index (χ1) is 20.7. The number of likely N-dealkylation sites (tertiary alicyclic amines) is 1. The highest BCUT2D eigenvalue weighted by Gasteiger charge is 2.24. The van der Waals surface area contributed by atoms with Crippen LogP contribution in [-0.4, -0.2) is 39.7 Å². The van der Waals surface area contributed by atoms with Crippen molar-refractivity contribution < 1.29 is 9.59 Å². The fourth-order valence-electron chi connectivity index (χ4n) is 5.56. The topological polar surface area (TPSA) is 79.3 Å². The summed E-state index contributed by atoms with van der Waals surface area (Å²) in [4.78, 5) is 28.1. The van der Waals surface area contributed by atoms with Gasteiger partial charge in [-0.2, -0.15) is 5.10 Å². The number of amides is 3. The quantitative estimate of drug-likeness (QED) is 0.227. The summed E-state index contributed by atoms with van der Waals surface area (Å²) in [5, 5.41) is 11.0. The molecule has 1 aliphatic heterocycles. The molecule has 2 heterocycles. The molecule has 0 saturated carbocycles. The van der Waals surface area contributed by atoms with Gasteiger partial charge in [0.2, 0.25) is 5.91 Å². The van der Waals surface area contributed by atoms with Gasteiger partial charge in [-0.1, -0.05) is 87.0 Å². The third-order valence-corrected chi connectivity index (χ3v) is 8.21. The molecule has 2 N–H and O–H groups in total. The van der Waals surface area contributed by atoms with Gasteiger partial charge in [0.1, 0.15) is 5.82 Å². The van der Waals surface area contributed by atoms with Gasteiger partial charge in [-0.3, -0.25) is 10.1 Å². The predicted octanol–water partition coefficient (Wildman–Crippen LogP) is 7.54. The van der Waals surface area contributed by atoms with E-state index in [1.807, 2.05) is 78.6 Å². The molecule has 3 amide bonds. The van der Waals surface area contributed by atoms with Crippen LogP contribution in [0.5, 0.6) is 0 Å². The van der Waals surface area contributed by atoms with Crippen molar-refractivity contribution in [3.05, 3.63) is 107 Å². The average molecular weight is 578 g/mol. The summed E-state index contributed by atoms with van der Waals surface area (Å²) in [5.74, 6) is 1.31. The Morgan fingerprint density at radius 3 is 2.26 bits per heavy atom. The molecule has 1 aliphatic rings. The van der Waals surface area contributed by atoms with Crippen LogP contribution in [-0.2, 0) is 23.1 Å². The molecule has 224 valence electrons. The number of aromatic nitrogens is 2. The molecule has 0 radical (unpaired) electrons. The molecule has 0 spiro atoms. The van der Waals surface area contributed by atoms with Gasteiger partial charge < -0.3 is 10.2 Å². The molecule has 1 aromatic heterocycles. The summed E-state index contributed by atoms with van der Waals surface area (Å²) < 4.78 is 1.79. The minimum absolute atomic E-state index is 0.169. The molecule has 0 unspecified atom stereocenters. The number of nitrogens with one attached hydrogen (secondary N) is 2. The van der Waals surface area contributed by atoms with Gasteiger partial charge in [-0.15, -0.1) is 0 Å². The summed E-state index contributed by atoms with van der Waals surface area (Å²) in [6.45, 7) is 9.95. The van der Waals surface area contributed by atoms with Crippen molar-refractivity contribution in [1.82, 2.24) is 14.7 Å². The molecule has 7 nitrogen and oxygen atoms in total. The van der Waals surface area contributed by atoms with E-state index in [0.29, 0.717) is 18.2 Å². The summed E-state index contributed by atoms with van der Waals surface area (Å²) >= 11 is 0. The average Bonchev–Trinajstić information content (AvgIpc) is 3.42. The molecule has 3 aromatic carbocycles. The molecular formula is C36H43N5O2. The minimum atomic E-state index is -0.306. The van der Waals surface area contributed by atoms with E-state index in [1.165, 1.54) is 5.56 Å². The van der Waals surface area contributed by atoms with E-state index >= 15 is 0 Å². The van der Waals surface area contributed by atoms with Gasteiger partial charge in [-0.05, 0) is 67.9 Å². The van der Waals surface area contributed by atoms with Crippen LogP contribution in [0, 0.1) is 12.8 Å². The number of para-hydroxylation sites is 1. The van der Waals surface area contributed by atoms with E-state index in [0.717, 1.165) is 67.0 Å². The molecule has 43 heavy (non-hydrogen) atoms. The monoisotopic (exact) mass is 577 g/mol. The fraction of sp³-hybridized carbons (Fsp3) is 0.361. The Kier molecular flexibility index (Phi) is 9.29. The zero-order chi connectivity index (χ0) is 30.4. The van der Waals surface area contributed by atoms with E-state index in [1.54, 1.807) is 4.68 Å². The van der Waals surface area contributed by atoms with Crippen LogP contribution < -0.4 is 10.6 Å². The number of rotatable bonds is 8. The van der Waals surface area contributed by atoms with Crippen molar-refractivity contribution in [2.75, 3.05) is 23.7 Å². The molecule has 0 aliphatic carbocycles. The summed E-state index contributed by atoms with van der Waals surface area (Å²) in [6.07, 6.45) is 4.12. The van der Waals surface area contributed by atoms with Gasteiger partial charge in [0.25, 0.3) is 0 Å². The maximum atomic E-state index is 13.3. The van der Waals surface area contributed by atoms with Crippen molar-refractivity contribution >= 4 is 23.4 Å². The van der Waals surface area contributed by atoms with Crippen LogP contribution in [0.25, 0.3) is 5.69 Å². The number of carbonyl (C=O) groups is 2. The number of carbonyl (C=O) groups excluding carboxylic acids is 2. The first kappa shape index (κ1) is 30.1. The van der Waals surface area contributed by atoms with E-state index < -0.39 is 0 Å². The number of urea groups is 1. The summed E-state index contributed by atoms with van der Waals surface area (Å²) in [7, 11) is 0. The van der Waals surface area contributed by atoms with Gasteiger partial charge in [0.15, 0.2) is 0 Å². The smallest absolute Gasteiger partial charge is 0.324 e. The van der Waals surface area contributed by atoms with E-state index in [-0.39, 0.29) is 17.4 Å².